The van der Waals surface area contributed by atoms with Gasteiger partial charge in [-0.2, -0.15) is 0 Å². The van der Waals surface area contributed by atoms with Crippen LogP contribution in [0.5, 0.6) is 0 Å². The van der Waals surface area contributed by atoms with E-state index in [0.717, 1.165) is 13.1 Å². The summed E-state index contributed by atoms with van der Waals surface area (Å²) in [6.07, 6.45) is 4.91. The average molecular weight is 260 g/mol. The lowest BCUT2D eigenvalue weighted by Gasteiger charge is -2.39. The molecule has 1 aromatic rings. The normalized spacial score (nSPS) is 18.0. The van der Waals surface area contributed by atoms with E-state index in [1.807, 2.05) is 0 Å². The van der Waals surface area contributed by atoms with Crippen LogP contribution in [-0.4, -0.2) is 19.6 Å². The lowest BCUT2D eigenvalue weighted by molar-refractivity contribution is 0.305. The number of hydrogen-bond donors (Lipinski definition) is 1. The molecule has 106 valence electrons. The molecule has 1 aliphatic rings. The third-order valence-corrected chi connectivity index (χ3v) is 4.37. The van der Waals surface area contributed by atoms with Crippen LogP contribution >= 0.6 is 0 Å². The number of rotatable bonds is 5. The number of nitrogens with zero attached hydrogens (tertiary/aromatic N) is 1. The Morgan fingerprint density at radius 1 is 1.37 bits per heavy atom. The highest BCUT2D eigenvalue weighted by molar-refractivity contribution is 5.56. The van der Waals surface area contributed by atoms with E-state index in [1.165, 1.54) is 49.0 Å². The Bertz CT molecular complexity index is 427. The molecule has 0 amide bonds. The Morgan fingerprint density at radius 2 is 2.16 bits per heavy atom. The fourth-order valence-corrected chi connectivity index (χ4v) is 3.28. The maximum Gasteiger partial charge on any atom is 0.0399 e. The number of aryl methyl sites for hydroxylation is 2. The maximum absolute atomic E-state index is 6.03. The van der Waals surface area contributed by atoms with E-state index in [2.05, 4.69) is 43.9 Å². The minimum atomic E-state index is 0.244. The zero-order chi connectivity index (χ0) is 13.9. The molecule has 0 radical (unpaired) electrons. The van der Waals surface area contributed by atoms with Crippen molar-refractivity contribution < 1.29 is 0 Å². The van der Waals surface area contributed by atoms with Gasteiger partial charge in [-0.25, -0.2) is 0 Å². The highest BCUT2D eigenvalue weighted by atomic mass is 15.1. The van der Waals surface area contributed by atoms with Gasteiger partial charge in [0.25, 0.3) is 0 Å². The smallest absolute Gasteiger partial charge is 0.0399 e. The largest absolute Gasteiger partial charge is 0.371 e. The minimum absolute atomic E-state index is 0.244. The lowest BCUT2D eigenvalue weighted by Crippen LogP contribution is -2.42. The summed E-state index contributed by atoms with van der Waals surface area (Å²) in [4.78, 5) is 2.56. The van der Waals surface area contributed by atoms with Crippen molar-refractivity contribution in [2.24, 2.45) is 11.1 Å². The molecule has 0 spiro atoms. The third kappa shape index (κ3) is 3.30. The van der Waals surface area contributed by atoms with Crippen molar-refractivity contribution in [3.8, 4) is 0 Å². The molecule has 0 aromatic heterocycles. The number of benzene rings is 1. The van der Waals surface area contributed by atoms with Gasteiger partial charge in [0.05, 0.1) is 0 Å². The van der Waals surface area contributed by atoms with E-state index in [0.29, 0.717) is 0 Å². The van der Waals surface area contributed by atoms with Crippen molar-refractivity contribution in [2.75, 3.05) is 24.5 Å². The summed E-state index contributed by atoms with van der Waals surface area (Å²) in [6.45, 7) is 9.81. The number of fused-ring (bicyclic) bond motifs is 1. The van der Waals surface area contributed by atoms with Gasteiger partial charge in [-0.1, -0.05) is 38.0 Å². The van der Waals surface area contributed by atoms with Crippen LogP contribution in [0.1, 0.15) is 44.2 Å². The van der Waals surface area contributed by atoms with Crippen LogP contribution in [0.15, 0.2) is 18.2 Å². The molecule has 2 heteroatoms. The van der Waals surface area contributed by atoms with Gasteiger partial charge in [0.1, 0.15) is 0 Å². The zero-order valence-electron chi connectivity index (χ0n) is 12.7. The first-order chi connectivity index (χ1) is 9.08. The summed E-state index contributed by atoms with van der Waals surface area (Å²) in [6, 6.07) is 6.88. The maximum atomic E-state index is 6.03. The molecule has 1 aliphatic heterocycles. The Kier molecular flexibility index (Phi) is 4.51. The first kappa shape index (κ1) is 14.4. The zero-order valence-corrected chi connectivity index (χ0v) is 12.7. The fraction of sp³-hybridized carbons (Fsp3) is 0.647. The van der Waals surface area contributed by atoms with E-state index in [1.54, 1.807) is 0 Å². The topological polar surface area (TPSA) is 29.3 Å². The van der Waals surface area contributed by atoms with Crippen LogP contribution in [0.25, 0.3) is 0 Å². The second-order valence-corrected chi connectivity index (χ2v) is 6.42. The average Bonchev–Trinajstić information content (AvgIpc) is 2.39. The molecule has 0 saturated carbocycles. The molecule has 0 fully saturated rings. The molecular formula is C17H28N2. The van der Waals surface area contributed by atoms with Gasteiger partial charge in [0.15, 0.2) is 0 Å². The molecule has 19 heavy (non-hydrogen) atoms. The molecule has 0 saturated heterocycles. The summed E-state index contributed by atoms with van der Waals surface area (Å²) in [7, 11) is 0. The van der Waals surface area contributed by atoms with E-state index in [-0.39, 0.29) is 5.41 Å². The van der Waals surface area contributed by atoms with Crippen LogP contribution in [0.2, 0.25) is 0 Å². The summed E-state index contributed by atoms with van der Waals surface area (Å²) in [5, 5.41) is 0. The van der Waals surface area contributed by atoms with E-state index in [4.69, 9.17) is 5.73 Å². The Labute approximate surface area is 118 Å². The van der Waals surface area contributed by atoms with Crippen molar-refractivity contribution >= 4 is 5.69 Å². The fourth-order valence-electron chi connectivity index (χ4n) is 3.28. The lowest BCUT2D eigenvalue weighted by atomic mass is 9.84. The second kappa shape index (κ2) is 5.96. The molecule has 0 bridgehead atoms. The first-order valence-corrected chi connectivity index (χ1v) is 7.62. The molecular weight excluding hydrogens is 232 g/mol. The molecule has 1 unspecified atom stereocenters. The molecule has 1 atom stereocenters. The van der Waals surface area contributed by atoms with Crippen molar-refractivity contribution in [3.05, 3.63) is 29.3 Å². The Balaban J connectivity index is 2.19. The Hall–Kier alpha value is -1.02. The summed E-state index contributed by atoms with van der Waals surface area (Å²) < 4.78 is 0. The van der Waals surface area contributed by atoms with Gasteiger partial charge in [-0.15, -0.1) is 0 Å². The summed E-state index contributed by atoms with van der Waals surface area (Å²) in [5.74, 6) is 0. The van der Waals surface area contributed by atoms with Gasteiger partial charge < -0.3 is 10.6 Å². The SMILES string of the molecule is CCCC(C)(CN)CN1CCCc2cc(C)ccc21. The van der Waals surface area contributed by atoms with Crippen molar-refractivity contribution in [2.45, 2.75) is 46.5 Å². The Morgan fingerprint density at radius 3 is 2.84 bits per heavy atom. The third-order valence-electron chi connectivity index (χ3n) is 4.37. The quantitative estimate of drug-likeness (QED) is 0.878. The van der Waals surface area contributed by atoms with E-state index >= 15 is 0 Å². The number of hydrogen-bond acceptors (Lipinski definition) is 2. The predicted octanol–water partition coefficient (Wildman–Crippen LogP) is 3.51. The minimum Gasteiger partial charge on any atom is -0.371 e. The number of anilines is 1. The standard InChI is InChI=1S/C17H28N2/c1-4-9-17(3,12-18)13-19-10-5-6-15-11-14(2)7-8-16(15)19/h7-8,11H,4-6,9-10,12-13,18H2,1-3H3. The van der Waals surface area contributed by atoms with E-state index in [9.17, 15) is 0 Å². The summed E-state index contributed by atoms with van der Waals surface area (Å²) >= 11 is 0. The first-order valence-electron chi connectivity index (χ1n) is 7.62. The van der Waals surface area contributed by atoms with Crippen LogP contribution in [-0.2, 0) is 6.42 Å². The van der Waals surface area contributed by atoms with Crippen LogP contribution in [0.3, 0.4) is 0 Å². The summed E-state index contributed by atoms with van der Waals surface area (Å²) in [5.41, 5.74) is 10.6. The van der Waals surface area contributed by atoms with Gasteiger partial charge >= 0.3 is 0 Å². The monoisotopic (exact) mass is 260 g/mol. The molecule has 2 rings (SSSR count). The molecule has 2 N–H and O–H groups in total. The van der Waals surface area contributed by atoms with Gasteiger partial charge in [0.2, 0.25) is 0 Å². The molecule has 1 heterocycles. The highest BCUT2D eigenvalue weighted by Crippen LogP contribution is 2.32. The van der Waals surface area contributed by atoms with Crippen molar-refractivity contribution in [1.29, 1.82) is 0 Å². The van der Waals surface area contributed by atoms with Gasteiger partial charge in [-0.3, -0.25) is 0 Å². The van der Waals surface area contributed by atoms with Crippen LogP contribution in [0, 0.1) is 12.3 Å². The van der Waals surface area contributed by atoms with Crippen LogP contribution < -0.4 is 10.6 Å². The van der Waals surface area contributed by atoms with Crippen molar-refractivity contribution in [3.63, 3.8) is 0 Å². The molecule has 2 nitrogen and oxygen atoms in total. The van der Waals surface area contributed by atoms with Crippen LogP contribution in [0.4, 0.5) is 5.69 Å². The molecule has 1 aromatic carbocycles. The van der Waals surface area contributed by atoms with E-state index < -0.39 is 0 Å². The predicted molar refractivity (Wildman–Crippen MR) is 83.8 cm³/mol. The number of nitrogens with two attached hydrogens (primary N) is 1. The molecule has 0 aliphatic carbocycles. The highest BCUT2D eigenvalue weighted by Gasteiger charge is 2.27. The van der Waals surface area contributed by atoms with Gasteiger partial charge in [-0.05, 0) is 49.8 Å². The second-order valence-electron chi connectivity index (χ2n) is 6.42. The van der Waals surface area contributed by atoms with Gasteiger partial charge in [0, 0.05) is 18.8 Å². The van der Waals surface area contributed by atoms with Crippen molar-refractivity contribution in [1.82, 2.24) is 0 Å².